The summed E-state index contributed by atoms with van der Waals surface area (Å²) in [5, 5.41) is 0. The second-order valence-corrected chi connectivity index (χ2v) is 11.9. The second kappa shape index (κ2) is 8.95. The molecule has 0 spiro atoms. The summed E-state index contributed by atoms with van der Waals surface area (Å²) in [5.41, 5.74) is 0.583. The van der Waals surface area contributed by atoms with Gasteiger partial charge in [0.05, 0.1) is 25.4 Å². The highest BCUT2D eigenvalue weighted by molar-refractivity contribution is 4.97. The van der Waals surface area contributed by atoms with Crippen molar-refractivity contribution < 1.29 is 9.47 Å². The lowest BCUT2D eigenvalue weighted by atomic mass is 9.95. The molecule has 6 heteroatoms. The summed E-state index contributed by atoms with van der Waals surface area (Å²) in [6, 6.07) is 1.40. The minimum Gasteiger partial charge on any atom is -0.373 e. The quantitative estimate of drug-likeness (QED) is 0.693. The van der Waals surface area contributed by atoms with Gasteiger partial charge in [0.1, 0.15) is 0 Å². The number of piperidine rings is 1. The van der Waals surface area contributed by atoms with Gasteiger partial charge >= 0.3 is 0 Å². The number of rotatable bonds is 3. The monoisotopic (exact) mass is 422 g/mol. The third kappa shape index (κ3) is 5.21. The molecule has 2 unspecified atom stereocenters. The van der Waals surface area contributed by atoms with Crippen molar-refractivity contribution >= 4 is 0 Å². The van der Waals surface area contributed by atoms with Crippen molar-refractivity contribution in [3.8, 4) is 0 Å². The summed E-state index contributed by atoms with van der Waals surface area (Å²) < 4.78 is 12.5. The van der Waals surface area contributed by atoms with E-state index in [1.807, 2.05) is 0 Å². The maximum absolute atomic E-state index is 6.25. The smallest absolute Gasteiger partial charge is 0.0976 e. The van der Waals surface area contributed by atoms with E-state index in [1.165, 1.54) is 39.0 Å². The topological polar surface area (TPSA) is 31.4 Å². The van der Waals surface area contributed by atoms with Crippen LogP contribution in [-0.2, 0) is 9.47 Å². The van der Waals surface area contributed by atoms with Crippen LogP contribution in [0.1, 0.15) is 54.4 Å². The summed E-state index contributed by atoms with van der Waals surface area (Å²) in [6.07, 6.45) is 3.01. The molecule has 0 aromatic carbocycles. The Hall–Kier alpha value is -0.240. The number of likely N-dealkylation sites (tertiary alicyclic amines) is 2. The van der Waals surface area contributed by atoms with E-state index >= 15 is 0 Å². The molecule has 2 atom stereocenters. The van der Waals surface area contributed by atoms with Crippen LogP contribution >= 0.6 is 0 Å². The van der Waals surface area contributed by atoms with Gasteiger partial charge in [-0.2, -0.15) is 0 Å². The molecule has 174 valence electrons. The highest BCUT2D eigenvalue weighted by Crippen LogP contribution is 2.28. The van der Waals surface area contributed by atoms with Crippen LogP contribution < -0.4 is 0 Å². The van der Waals surface area contributed by atoms with E-state index in [9.17, 15) is 0 Å². The summed E-state index contributed by atoms with van der Waals surface area (Å²) in [5.74, 6) is 0. The van der Waals surface area contributed by atoms with Gasteiger partial charge in [-0.1, -0.05) is 0 Å². The Morgan fingerprint density at radius 1 is 0.567 bits per heavy atom. The van der Waals surface area contributed by atoms with Gasteiger partial charge in [-0.15, -0.1) is 0 Å². The van der Waals surface area contributed by atoms with E-state index < -0.39 is 0 Å². The van der Waals surface area contributed by atoms with Crippen molar-refractivity contribution in [3.63, 3.8) is 0 Å². The van der Waals surface area contributed by atoms with Crippen LogP contribution in [0.3, 0.4) is 0 Å². The molecular formula is C24H46N4O2. The number of ether oxygens (including phenoxy) is 2. The van der Waals surface area contributed by atoms with Crippen molar-refractivity contribution in [3.05, 3.63) is 0 Å². The van der Waals surface area contributed by atoms with Gasteiger partial charge in [0.2, 0.25) is 0 Å². The lowest BCUT2D eigenvalue weighted by Crippen LogP contribution is -2.67. The molecule has 0 aromatic rings. The zero-order valence-electron chi connectivity index (χ0n) is 20.4. The van der Waals surface area contributed by atoms with E-state index in [0.717, 1.165) is 39.4 Å². The Labute approximate surface area is 184 Å². The molecule has 0 bridgehead atoms. The van der Waals surface area contributed by atoms with E-state index in [-0.39, 0.29) is 17.7 Å². The Bertz CT molecular complexity index is 559. The first-order chi connectivity index (χ1) is 14.1. The highest BCUT2D eigenvalue weighted by atomic mass is 16.5. The Kier molecular flexibility index (Phi) is 6.84. The van der Waals surface area contributed by atoms with Gasteiger partial charge in [0.15, 0.2) is 0 Å². The molecule has 4 saturated heterocycles. The van der Waals surface area contributed by atoms with Crippen LogP contribution in [0.25, 0.3) is 0 Å². The van der Waals surface area contributed by atoms with Crippen molar-refractivity contribution in [1.82, 2.24) is 19.6 Å². The number of nitrogens with zero attached hydrogens (tertiary/aromatic N) is 4. The summed E-state index contributed by atoms with van der Waals surface area (Å²) in [4.78, 5) is 10.6. The first-order valence-corrected chi connectivity index (χ1v) is 12.3. The SMILES string of the molecule is CC(C)(C)N1CCC(N2CCOC(C3CN(C4CN(C(C)(C)C)C4)CCO3)C2)CC1. The maximum atomic E-state index is 6.25. The zero-order valence-corrected chi connectivity index (χ0v) is 20.4. The molecule has 4 aliphatic heterocycles. The molecule has 4 rings (SSSR count). The van der Waals surface area contributed by atoms with E-state index in [2.05, 4.69) is 61.1 Å². The minimum absolute atomic E-state index is 0.222. The first-order valence-electron chi connectivity index (χ1n) is 12.3. The van der Waals surface area contributed by atoms with E-state index in [1.54, 1.807) is 0 Å². The predicted molar refractivity (Wildman–Crippen MR) is 122 cm³/mol. The average molecular weight is 423 g/mol. The minimum atomic E-state index is 0.222. The van der Waals surface area contributed by atoms with E-state index in [4.69, 9.17) is 9.47 Å². The molecule has 30 heavy (non-hydrogen) atoms. The average Bonchev–Trinajstić information content (AvgIpc) is 2.65. The largest absolute Gasteiger partial charge is 0.373 e. The van der Waals surface area contributed by atoms with Gasteiger partial charge < -0.3 is 9.47 Å². The normalized spacial score (nSPS) is 33.0. The third-order valence-electron chi connectivity index (χ3n) is 7.92. The Balaban J connectivity index is 1.26. The van der Waals surface area contributed by atoms with E-state index in [0.29, 0.717) is 17.6 Å². The second-order valence-electron chi connectivity index (χ2n) is 11.9. The molecule has 0 saturated carbocycles. The summed E-state index contributed by atoms with van der Waals surface area (Å²) in [6.45, 7) is 24.7. The zero-order chi connectivity index (χ0) is 21.5. The molecule has 4 heterocycles. The lowest BCUT2D eigenvalue weighted by molar-refractivity contribution is -0.159. The molecule has 4 fully saturated rings. The van der Waals surface area contributed by atoms with Gasteiger partial charge in [-0.3, -0.25) is 19.6 Å². The third-order valence-corrected chi connectivity index (χ3v) is 7.92. The van der Waals surface area contributed by atoms with Crippen LogP contribution in [0.2, 0.25) is 0 Å². The Morgan fingerprint density at radius 2 is 1.03 bits per heavy atom. The predicted octanol–water partition coefficient (Wildman–Crippen LogP) is 2.13. The Morgan fingerprint density at radius 3 is 1.50 bits per heavy atom. The number of hydrogen-bond donors (Lipinski definition) is 0. The standard InChI is InChI=1S/C24H46N4O2/c1-23(2,3)27-9-7-19(8-10-27)25-11-13-29-21(17-25)22-18-26(12-14-30-22)20-15-28(16-20)24(4,5)6/h19-22H,7-18H2,1-6H3. The summed E-state index contributed by atoms with van der Waals surface area (Å²) in [7, 11) is 0. The number of morpholine rings is 2. The van der Waals surface area contributed by atoms with Crippen LogP contribution in [0, 0.1) is 0 Å². The van der Waals surface area contributed by atoms with Crippen molar-refractivity contribution in [2.24, 2.45) is 0 Å². The molecule has 0 aromatic heterocycles. The van der Waals surface area contributed by atoms with Gasteiger partial charge in [-0.25, -0.2) is 0 Å². The van der Waals surface area contributed by atoms with Gasteiger partial charge in [0.25, 0.3) is 0 Å². The molecule has 0 N–H and O–H groups in total. The molecule has 4 aliphatic rings. The van der Waals surface area contributed by atoms with Crippen LogP contribution in [0.4, 0.5) is 0 Å². The van der Waals surface area contributed by atoms with Gasteiger partial charge in [-0.05, 0) is 54.4 Å². The molecule has 0 aliphatic carbocycles. The van der Waals surface area contributed by atoms with Crippen molar-refractivity contribution in [2.75, 3.05) is 65.6 Å². The fraction of sp³-hybridized carbons (Fsp3) is 1.00. The molecule has 6 nitrogen and oxygen atoms in total. The summed E-state index contributed by atoms with van der Waals surface area (Å²) >= 11 is 0. The van der Waals surface area contributed by atoms with Crippen LogP contribution in [0.15, 0.2) is 0 Å². The van der Waals surface area contributed by atoms with Crippen LogP contribution in [0.5, 0.6) is 0 Å². The van der Waals surface area contributed by atoms with Crippen molar-refractivity contribution in [1.29, 1.82) is 0 Å². The van der Waals surface area contributed by atoms with Crippen molar-refractivity contribution in [2.45, 2.75) is 89.8 Å². The fourth-order valence-corrected chi connectivity index (χ4v) is 5.64. The highest BCUT2D eigenvalue weighted by Gasteiger charge is 2.42. The molecule has 0 amide bonds. The molecule has 0 radical (unpaired) electrons. The lowest BCUT2D eigenvalue weighted by Gasteiger charge is -2.53. The van der Waals surface area contributed by atoms with Crippen LogP contribution in [-0.4, -0.2) is 121 Å². The maximum Gasteiger partial charge on any atom is 0.0976 e. The number of hydrogen-bond acceptors (Lipinski definition) is 6. The van der Waals surface area contributed by atoms with Gasteiger partial charge in [0, 0.05) is 75.5 Å². The first kappa shape index (κ1) is 22.9. The fourth-order valence-electron chi connectivity index (χ4n) is 5.64. The molecular weight excluding hydrogens is 376 g/mol.